The summed E-state index contributed by atoms with van der Waals surface area (Å²) in [7, 11) is 0. The van der Waals surface area contributed by atoms with Crippen LogP contribution in [-0.4, -0.2) is 75.6 Å². The van der Waals surface area contributed by atoms with Crippen molar-refractivity contribution in [1.82, 2.24) is 29.7 Å². The molecule has 5 rings (SSSR count). The fourth-order valence-corrected chi connectivity index (χ4v) is 5.10. The highest BCUT2D eigenvalue weighted by atomic mass is 16.5. The number of rotatable bonds is 6. The third-order valence-corrected chi connectivity index (χ3v) is 6.91. The molecule has 0 saturated carbocycles. The van der Waals surface area contributed by atoms with Crippen molar-refractivity contribution in [2.24, 2.45) is 0 Å². The van der Waals surface area contributed by atoms with Crippen molar-refractivity contribution >= 4 is 5.91 Å². The van der Waals surface area contributed by atoms with Crippen molar-refractivity contribution in [2.45, 2.75) is 50.5 Å². The quantitative estimate of drug-likeness (QED) is 0.755. The van der Waals surface area contributed by atoms with Crippen LogP contribution in [0.5, 0.6) is 0 Å². The summed E-state index contributed by atoms with van der Waals surface area (Å²) in [4.78, 5) is 26.9. The van der Waals surface area contributed by atoms with Gasteiger partial charge in [-0.1, -0.05) is 6.07 Å². The summed E-state index contributed by atoms with van der Waals surface area (Å²) in [6, 6.07) is 5.71. The van der Waals surface area contributed by atoms with Crippen molar-refractivity contribution in [3.05, 3.63) is 48.3 Å². The van der Waals surface area contributed by atoms with Gasteiger partial charge in [0.15, 0.2) is 6.10 Å². The molecule has 2 saturated heterocycles. The number of imidazole rings is 1. The van der Waals surface area contributed by atoms with Crippen molar-refractivity contribution < 1.29 is 9.53 Å². The van der Waals surface area contributed by atoms with E-state index in [1.165, 1.54) is 25.9 Å². The summed E-state index contributed by atoms with van der Waals surface area (Å²) in [5.74, 6) is 0.890. The molecule has 1 amide bonds. The number of amides is 1. The maximum absolute atomic E-state index is 12.9. The van der Waals surface area contributed by atoms with Gasteiger partial charge >= 0.3 is 0 Å². The molecule has 0 radical (unpaired) electrons. The van der Waals surface area contributed by atoms with Crippen LogP contribution in [0.4, 0.5) is 0 Å². The number of nitrogens with zero attached hydrogens (tertiary/aromatic N) is 5. The van der Waals surface area contributed by atoms with E-state index in [0.29, 0.717) is 13.1 Å². The fraction of sp³-hybridized carbons (Fsp3) is 0.609. The van der Waals surface area contributed by atoms with Crippen molar-refractivity contribution in [1.29, 1.82) is 0 Å². The molecule has 31 heavy (non-hydrogen) atoms. The summed E-state index contributed by atoms with van der Waals surface area (Å²) in [5.41, 5.74) is 0.370. The number of carbonyl (C=O) groups is 1. The number of likely N-dealkylation sites (tertiary alicyclic amines) is 2. The van der Waals surface area contributed by atoms with Gasteiger partial charge in [-0.05, 0) is 50.9 Å². The minimum absolute atomic E-state index is 0.0826. The van der Waals surface area contributed by atoms with Crippen molar-refractivity contribution in [2.75, 3.05) is 39.3 Å². The molecule has 2 aromatic heterocycles. The van der Waals surface area contributed by atoms with Gasteiger partial charge in [-0.3, -0.25) is 9.78 Å². The second-order valence-corrected chi connectivity index (χ2v) is 8.93. The number of aromatic nitrogens is 3. The average molecular weight is 425 g/mol. The van der Waals surface area contributed by atoms with Gasteiger partial charge < -0.3 is 24.4 Å². The molecule has 8 heteroatoms. The number of carbonyl (C=O) groups excluding carboxylic acids is 1. The van der Waals surface area contributed by atoms with Crippen LogP contribution >= 0.6 is 0 Å². The number of fused-ring (bicyclic) bond motifs is 2. The summed E-state index contributed by atoms with van der Waals surface area (Å²) in [5, 5.41) is 3.00. The van der Waals surface area contributed by atoms with E-state index in [0.717, 1.165) is 50.5 Å². The van der Waals surface area contributed by atoms with Gasteiger partial charge in [0.05, 0.1) is 18.8 Å². The molecule has 2 fully saturated rings. The van der Waals surface area contributed by atoms with Crippen molar-refractivity contribution in [3.8, 4) is 0 Å². The molecule has 1 spiro atoms. The number of ether oxygens (including phenoxy) is 1. The Kier molecular flexibility index (Phi) is 6.02. The molecule has 166 valence electrons. The monoisotopic (exact) mass is 424 g/mol. The van der Waals surface area contributed by atoms with E-state index in [2.05, 4.69) is 29.7 Å². The first-order chi connectivity index (χ1) is 15.2. The average Bonchev–Trinajstić information content (AvgIpc) is 3.50. The molecular formula is C23H32N6O2. The van der Waals surface area contributed by atoms with Gasteiger partial charge in [0.2, 0.25) is 0 Å². The first kappa shape index (κ1) is 20.6. The number of piperidine rings is 1. The highest BCUT2D eigenvalue weighted by molar-refractivity contribution is 5.80. The van der Waals surface area contributed by atoms with Crippen LogP contribution in [0.15, 0.2) is 36.8 Å². The molecule has 3 aliphatic rings. The van der Waals surface area contributed by atoms with Crippen LogP contribution in [0.1, 0.15) is 37.2 Å². The maximum atomic E-state index is 12.9. The zero-order valence-corrected chi connectivity index (χ0v) is 18.1. The summed E-state index contributed by atoms with van der Waals surface area (Å²) in [6.45, 7) is 7.62. The van der Waals surface area contributed by atoms with Crippen LogP contribution in [0, 0.1) is 0 Å². The Morgan fingerprint density at radius 3 is 2.58 bits per heavy atom. The number of hydrogen-bond acceptors (Lipinski definition) is 6. The summed E-state index contributed by atoms with van der Waals surface area (Å²) >= 11 is 0. The van der Waals surface area contributed by atoms with Crippen LogP contribution in [0.3, 0.4) is 0 Å². The third-order valence-electron chi connectivity index (χ3n) is 6.91. The Morgan fingerprint density at radius 1 is 1.06 bits per heavy atom. The lowest BCUT2D eigenvalue weighted by Crippen LogP contribution is -2.54. The minimum Gasteiger partial charge on any atom is -0.352 e. The molecule has 1 N–H and O–H groups in total. The third kappa shape index (κ3) is 4.51. The summed E-state index contributed by atoms with van der Waals surface area (Å²) in [6.07, 6.45) is 9.44. The van der Waals surface area contributed by atoms with Crippen LogP contribution in [0.2, 0.25) is 0 Å². The Balaban J connectivity index is 1.21. The highest BCUT2D eigenvalue weighted by Gasteiger charge is 2.47. The predicted octanol–water partition coefficient (Wildman–Crippen LogP) is 1.38. The molecule has 0 unspecified atom stereocenters. The van der Waals surface area contributed by atoms with E-state index in [1.807, 2.05) is 30.6 Å². The van der Waals surface area contributed by atoms with Gasteiger partial charge in [-0.15, -0.1) is 0 Å². The Bertz CT molecular complexity index is 871. The number of pyridine rings is 1. The standard InChI is InChI=1S/C23H32N6O2/c30-21(26-17-19-5-1-2-8-24-19)20-18-29-14-9-25-22(29)23(31-20)6-12-28(13-7-23)16-15-27-10-3-4-11-27/h1-2,5,8-9,14,20H,3-4,6-7,10-13,15-18H2,(H,26,30)/t20-/m1/s1. The molecule has 3 aliphatic heterocycles. The SMILES string of the molecule is O=C(NCc1ccccn1)[C@H]1Cn2ccnc2C2(CCN(CCN3CCCC3)CC2)O1. The molecule has 5 heterocycles. The molecule has 0 aromatic carbocycles. The second-order valence-electron chi connectivity index (χ2n) is 8.93. The second kappa shape index (κ2) is 9.06. The van der Waals surface area contributed by atoms with E-state index >= 15 is 0 Å². The van der Waals surface area contributed by atoms with E-state index < -0.39 is 11.7 Å². The lowest BCUT2D eigenvalue weighted by Gasteiger charge is -2.45. The first-order valence-corrected chi connectivity index (χ1v) is 11.5. The van der Waals surface area contributed by atoms with Crippen molar-refractivity contribution in [3.63, 3.8) is 0 Å². The largest absolute Gasteiger partial charge is 0.352 e. The van der Waals surface area contributed by atoms with E-state index in [-0.39, 0.29) is 5.91 Å². The van der Waals surface area contributed by atoms with E-state index in [9.17, 15) is 4.79 Å². The van der Waals surface area contributed by atoms with Gasteiger partial charge in [-0.2, -0.15) is 0 Å². The highest BCUT2D eigenvalue weighted by Crippen LogP contribution is 2.40. The molecule has 0 bridgehead atoms. The lowest BCUT2D eigenvalue weighted by molar-refractivity contribution is -0.173. The predicted molar refractivity (Wildman–Crippen MR) is 116 cm³/mol. The zero-order valence-electron chi connectivity index (χ0n) is 18.1. The fourth-order valence-electron chi connectivity index (χ4n) is 5.10. The molecular weight excluding hydrogens is 392 g/mol. The van der Waals surface area contributed by atoms with Gasteiger partial charge in [0.1, 0.15) is 11.4 Å². The minimum atomic E-state index is -0.512. The Hall–Kier alpha value is -2.29. The number of nitrogens with one attached hydrogen (secondary N) is 1. The van der Waals surface area contributed by atoms with Gasteiger partial charge in [0.25, 0.3) is 5.91 Å². The van der Waals surface area contributed by atoms with E-state index in [1.54, 1.807) is 6.20 Å². The Morgan fingerprint density at radius 2 is 1.84 bits per heavy atom. The smallest absolute Gasteiger partial charge is 0.251 e. The molecule has 1 atom stereocenters. The van der Waals surface area contributed by atoms with Gasteiger partial charge in [-0.25, -0.2) is 4.98 Å². The topological polar surface area (TPSA) is 75.5 Å². The molecule has 2 aromatic rings. The molecule has 0 aliphatic carbocycles. The zero-order chi connectivity index (χ0) is 21.1. The summed E-state index contributed by atoms with van der Waals surface area (Å²) < 4.78 is 8.63. The number of hydrogen-bond donors (Lipinski definition) is 1. The normalized spacial score (nSPS) is 23.7. The van der Waals surface area contributed by atoms with Crippen LogP contribution < -0.4 is 5.32 Å². The maximum Gasteiger partial charge on any atom is 0.251 e. The Labute approximate surface area is 183 Å². The van der Waals surface area contributed by atoms with E-state index in [4.69, 9.17) is 4.74 Å². The lowest BCUT2D eigenvalue weighted by atomic mass is 9.88. The van der Waals surface area contributed by atoms with Crippen LogP contribution in [-0.2, 0) is 28.2 Å². The first-order valence-electron chi connectivity index (χ1n) is 11.5. The van der Waals surface area contributed by atoms with Crippen LogP contribution in [0.25, 0.3) is 0 Å². The van der Waals surface area contributed by atoms with Gasteiger partial charge in [0, 0.05) is 44.8 Å². The molecule has 8 nitrogen and oxygen atoms in total.